The monoisotopic (exact) mass is 364 g/mol. The lowest BCUT2D eigenvalue weighted by Crippen LogP contribution is -2.01. The maximum atomic E-state index is 14.0. The SMILES string of the molecule is Cc1cc(F)c(-c2cc(Cl)c(C#CC(F)(F)F)c(Cl)c2)c(F)c1. The van der Waals surface area contributed by atoms with Crippen LogP contribution in [0.25, 0.3) is 11.1 Å². The molecule has 0 aliphatic carbocycles. The summed E-state index contributed by atoms with van der Waals surface area (Å²) in [5, 5.41) is -0.466. The summed E-state index contributed by atoms with van der Waals surface area (Å²) in [4.78, 5) is 0. The average Bonchev–Trinajstić information content (AvgIpc) is 2.34. The van der Waals surface area contributed by atoms with E-state index in [2.05, 4.69) is 0 Å². The molecule has 0 bridgehead atoms. The van der Waals surface area contributed by atoms with E-state index >= 15 is 0 Å². The van der Waals surface area contributed by atoms with Crippen molar-refractivity contribution in [3.8, 4) is 23.0 Å². The lowest BCUT2D eigenvalue weighted by atomic mass is 10.0. The van der Waals surface area contributed by atoms with Crippen LogP contribution in [0.4, 0.5) is 22.0 Å². The van der Waals surface area contributed by atoms with Gasteiger partial charge in [-0.3, -0.25) is 0 Å². The molecule has 0 heterocycles. The summed E-state index contributed by atoms with van der Waals surface area (Å²) in [6, 6.07) is 4.48. The number of rotatable bonds is 1. The topological polar surface area (TPSA) is 0 Å². The van der Waals surface area contributed by atoms with Crippen molar-refractivity contribution < 1.29 is 22.0 Å². The number of hydrogen-bond donors (Lipinski definition) is 0. The van der Waals surface area contributed by atoms with Gasteiger partial charge in [-0.15, -0.1) is 0 Å². The maximum absolute atomic E-state index is 14.0. The van der Waals surface area contributed by atoms with Crippen LogP contribution in [0.1, 0.15) is 11.1 Å². The lowest BCUT2D eigenvalue weighted by Gasteiger charge is -2.09. The summed E-state index contributed by atoms with van der Waals surface area (Å²) in [5.74, 6) is 1.19. The fourth-order valence-corrected chi connectivity index (χ4v) is 2.53. The average molecular weight is 365 g/mol. The van der Waals surface area contributed by atoms with Crippen LogP contribution in [0.15, 0.2) is 24.3 Å². The van der Waals surface area contributed by atoms with Crippen LogP contribution in [-0.2, 0) is 0 Å². The van der Waals surface area contributed by atoms with E-state index < -0.39 is 17.8 Å². The summed E-state index contributed by atoms with van der Waals surface area (Å²) >= 11 is 11.7. The highest BCUT2D eigenvalue weighted by atomic mass is 35.5. The molecule has 0 aliphatic rings. The van der Waals surface area contributed by atoms with Crippen LogP contribution in [-0.4, -0.2) is 6.18 Å². The molecule has 7 heteroatoms. The first kappa shape index (κ1) is 17.6. The third-order valence-electron chi connectivity index (χ3n) is 2.85. The minimum absolute atomic E-state index is 0.00700. The minimum Gasteiger partial charge on any atom is -0.206 e. The highest BCUT2D eigenvalue weighted by molar-refractivity contribution is 6.37. The number of halogens is 7. The Morgan fingerprint density at radius 2 is 1.39 bits per heavy atom. The molecule has 0 N–H and O–H groups in total. The van der Waals surface area contributed by atoms with E-state index in [4.69, 9.17) is 23.2 Å². The first-order valence-corrected chi connectivity index (χ1v) is 6.89. The van der Waals surface area contributed by atoms with Gasteiger partial charge >= 0.3 is 6.18 Å². The molecule has 0 aromatic heterocycles. The Balaban J connectivity index is 2.59. The first-order valence-electron chi connectivity index (χ1n) is 6.13. The molecular formula is C16H7Cl2F5. The highest BCUT2D eigenvalue weighted by Crippen LogP contribution is 2.34. The Labute approximate surface area is 138 Å². The van der Waals surface area contributed by atoms with Gasteiger partial charge in [-0.2, -0.15) is 13.2 Å². The first-order chi connectivity index (χ1) is 10.6. The van der Waals surface area contributed by atoms with Gasteiger partial charge in [0.25, 0.3) is 0 Å². The third kappa shape index (κ3) is 4.15. The van der Waals surface area contributed by atoms with E-state index in [0.29, 0.717) is 5.56 Å². The molecule has 2 aromatic carbocycles. The number of hydrogen-bond acceptors (Lipinski definition) is 0. The Kier molecular flexibility index (Phi) is 4.88. The molecule has 23 heavy (non-hydrogen) atoms. The number of aryl methyl sites for hydroxylation is 1. The molecule has 0 nitrogen and oxygen atoms in total. The second-order valence-corrected chi connectivity index (χ2v) is 5.48. The molecule has 0 spiro atoms. The molecule has 120 valence electrons. The predicted octanol–water partition coefficient (Wildman–Crippen LogP) is 6.16. The van der Waals surface area contributed by atoms with Gasteiger partial charge in [-0.05, 0) is 42.3 Å². The van der Waals surface area contributed by atoms with Gasteiger partial charge in [0.05, 0.1) is 21.2 Å². The number of benzene rings is 2. The van der Waals surface area contributed by atoms with Crippen molar-refractivity contribution in [1.29, 1.82) is 0 Å². The smallest absolute Gasteiger partial charge is 0.206 e. The van der Waals surface area contributed by atoms with E-state index in [9.17, 15) is 22.0 Å². The normalized spacial score (nSPS) is 11.1. The maximum Gasteiger partial charge on any atom is 0.458 e. The van der Waals surface area contributed by atoms with Crippen LogP contribution in [0.5, 0.6) is 0 Å². The molecule has 0 fully saturated rings. The molecule has 0 saturated heterocycles. The Morgan fingerprint density at radius 3 is 1.83 bits per heavy atom. The zero-order valence-corrected chi connectivity index (χ0v) is 13.0. The van der Waals surface area contributed by atoms with E-state index in [1.54, 1.807) is 0 Å². The highest BCUT2D eigenvalue weighted by Gasteiger charge is 2.23. The van der Waals surface area contributed by atoms with Gasteiger partial charge in [0.1, 0.15) is 11.6 Å². The second-order valence-electron chi connectivity index (χ2n) is 4.67. The Morgan fingerprint density at radius 1 is 0.913 bits per heavy atom. The second kappa shape index (κ2) is 6.38. The van der Waals surface area contributed by atoms with Gasteiger partial charge < -0.3 is 0 Å². The minimum atomic E-state index is -4.71. The standard InChI is InChI=1S/C16H7Cl2F5/c1-8-4-13(19)15(14(20)5-8)9-6-11(17)10(12(18)7-9)2-3-16(21,22)23/h4-7H,1H3. The van der Waals surface area contributed by atoms with Gasteiger partial charge in [0.15, 0.2) is 0 Å². The fourth-order valence-electron chi connectivity index (χ4n) is 1.95. The number of alkyl halides is 3. The Bertz CT molecular complexity index is 783. The molecule has 0 unspecified atom stereocenters. The summed E-state index contributed by atoms with van der Waals surface area (Å²) in [7, 11) is 0. The molecule has 2 rings (SSSR count). The zero-order valence-electron chi connectivity index (χ0n) is 11.5. The lowest BCUT2D eigenvalue weighted by molar-refractivity contribution is -0.0696. The van der Waals surface area contributed by atoms with Crippen LogP contribution in [0.3, 0.4) is 0 Å². The van der Waals surface area contributed by atoms with Gasteiger partial charge in [-0.25, -0.2) is 8.78 Å². The summed E-state index contributed by atoms with van der Waals surface area (Å²) in [6.07, 6.45) is -4.71. The summed E-state index contributed by atoms with van der Waals surface area (Å²) < 4.78 is 64.3. The molecule has 0 atom stereocenters. The molecule has 0 aliphatic heterocycles. The predicted molar refractivity (Wildman–Crippen MR) is 79.5 cm³/mol. The molecular weight excluding hydrogens is 358 g/mol. The molecule has 2 aromatic rings. The van der Waals surface area contributed by atoms with Gasteiger partial charge in [-0.1, -0.05) is 29.1 Å². The van der Waals surface area contributed by atoms with E-state index in [0.717, 1.165) is 30.2 Å². The van der Waals surface area contributed by atoms with Crippen molar-refractivity contribution >= 4 is 23.2 Å². The third-order valence-corrected chi connectivity index (χ3v) is 3.44. The van der Waals surface area contributed by atoms with Crippen LogP contribution >= 0.6 is 23.2 Å². The molecule has 0 radical (unpaired) electrons. The fraction of sp³-hybridized carbons (Fsp3) is 0.125. The quantitative estimate of drug-likeness (QED) is 0.419. The van der Waals surface area contributed by atoms with E-state index in [1.807, 2.05) is 5.92 Å². The Hall–Kier alpha value is -1.77. The molecule has 0 amide bonds. The van der Waals surface area contributed by atoms with Crippen molar-refractivity contribution in [3.63, 3.8) is 0 Å². The van der Waals surface area contributed by atoms with Crippen LogP contribution in [0.2, 0.25) is 10.0 Å². The molecule has 0 saturated carbocycles. The zero-order chi connectivity index (χ0) is 17.4. The van der Waals surface area contributed by atoms with Crippen LogP contribution in [0, 0.1) is 30.4 Å². The van der Waals surface area contributed by atoms with Crippen molar-refractivity contribution in [2.45, 2.75) is 13.1 Å². The van der Waals surface area contributed by atoms with Crippen molar-refractivity contribution in [3.05, 3.63) is 57.1 Å². The van der Waals surface area contributed by atoms with Crippen molar-refractivity contribution in [2.24, 2.45) is 0 Å². The largest absolute Gasteiger partial charge is 0.458 e. The summed E-state index contributed by atoms with van der Waals surface area (Å²) in [6.45, 7) is 1.52. The van der Waals surface area contributed by atoms with Crippen molar-refractivity contribution in [1.82, 2.24) is 0 Å². The van der Waals surface area contributed by atoms with Crippen molar-refractivity contribution in [2.75, 3.05) is 0 Å². The summed E-state index contributed by atoms with van der Waals surface area (Å²) in [5.41, 5.74) is -0.238. The van der Waals surface area contributed by atoms with E-state index in [1.165, 1.54) is 6.92 Å². The van der Waals surface area contributed by atoms with Gasteiger partial charge in [0, 0.05) is 5.92 Å². The van der Waals surface area contributed by atoms with Gasteiger partial charge in [0.2, 0.25) is 0 Å². The van der Waals surface area contributed by atoms with E-state index in [-0.39, 0.29) is 26.7 Å². The van der Waals surface area contributed by atoms with Crippen LogP contribution < -0.4 is 0 Å².